The van der Waals surface area contributed by atoms with Crippen LogP contribution in [0.2, 0.25) is 0 Å². The number of rotatable bonds is 4. The van der Waals surface area contributed by atoms with E-state index in [2.05, 4.69) is 0 Å². The van der Waals surface area contributed by atoms with Crippen molar-refractivity contribution in [2.75, 3.05) is 27.3 Å². The monoisotopic (exact) mass is 263 g/mol. The molecule has 0 N–H and O–H groups in total. The van der Waals surface area contributed by atoms with Gasteiger partial charge in [-0.2, -0.15) is 0 Å². The molecule has 0 bridgehead atoms. The Hall–Kier alpha value is -2.04. The molecular formula is C14H17NO4. The van der Waals surface area contributed by atoms with Crippen LogP contribution in [0.1, 0.15) is 23.2 Å². The summed E-state index contributed by atoms with van der Waals surface area (Å²) in [7, 11) is 3.02. The molecule has 1 aliphatic heterocycles. The van der Waals surface area contributed by atoms with E-state index in [-0.39, 0.29) is 0 Å². The Balaban J connectivity index is 2.21. The van der Waals surface area contributed by atoms with Crippen molar-refractivity contribution in [3.05, 3.63) is 23.8 Å². The minimum Gasteiger partial charge on any atom is -0.493 e. The molecule has 1 saturated heterocycles. The highest BCUT2D eigenvalue weighted by molar-refractivity contribution is 6.42. The SMILES string of the molecule is COc1ccc(C(=O)C(=O)N2CCCC2)cc1OC. The van der Waals surface area contributed by atoms with E-state index in [0.717, 1.165) is 12.8 Å². The molecule has 2 rings (SSSR count). The van der Waals surface area contributed by atoms with Crippen LogP contribution in [0.5, 0.6) is 11.5 Å². The molecule has 1 fully saturated rings. The van der Waals surface area contributed by atoms with Gasteiger partial charge in [-0.3, -0.25) is 9.59 Å². The van der Waals surface area contributed by atoms with Crippen molar-refractivity contribution in [3.63, 3.8) is 0 Å². The normalized spacial score (nSPS) is 14.3. The first-order valence-electron chi connectivity index (χ1n) is 6.23. The minimum absolute atomic E-state index is 0.328. The number of carbonyl (C=O) groups is 2. The molecule has 0 spiro atoms. The number of methoxy groups -OCH3 is 2. The number of hydrogen-bond donors (Lipinski definition) is 0. The van der Waals surface area contributed by atoms with Gasteiger partial charge in [0.15, 0.2) is 11.5 Å². The summed E-state index contributed by atoms with van der Waals surface area (Å²) in [5.41, 5.74) is 0.328. The standard InChI is InChI=1S/C14H17NO4/c1-18-11-6-5-10(9-12(11)19-2)13(16)14(17)15-7-3-4-8-15/h5-6,9H,3-4,7-8H2,1-2H3. The molecule has 19 heavy (non-hydrogen) atoms. The van der Waals surface area contributed by atoms with E-state index >= 15 is 0 Å². The number of amides is 1. The minimum atomic E-state index is -0.497. The van der Waals surface area contributed by atoms with Gasteiger partial charge in [0, 0.05) is 18.7 Å². The van der Waals surface area contributed by atoms with Crippen LogP contribution in [-0.4, -0.2) is 43.9 Å². The molecule has 1 aromatic carbocycles. The number of carbonyl (C=O) groups excluding carboxylic acids is 2. The van der Waals surface area contributed by atoms with Gasteiger partial charge >= 0.3 is 0 Å². The van der Waals surface area contributed by atoms with Crippen molar-refractivity contribution in [2.24, 2.45) is 0 Å². The van der Waals surface area contributed by atoms with Crippen molar-refractivity contribution in [3.8, 4) is 11.5 Å². The Morgan fingerprint density at radius 3 is 2.26 bits per heavy atom. The third-order valence-corrected chi connectivity index (χ3v) is 3.23. The summed E-state index contributed by atoms with van der Waals surface area (Å²) < 4.78 is 10.2. The van der Waals surface area contributed by atoms with Gasteiger partial charge in [-0.05, 0) is 31.0 Å². The first-order chi connectivity index (χ1) is 9.17. The summed E-state index contributed by atoms with van der Waals surface area (Å²) in [6.07, 6.45) is 1.93. The lowest BCUT2D eigenvalue weighted by Gasteiger charge is -2.14. The smallest absolute Gasteiger partial charge is 0.294 e. The lowest BCUT2D eigenvalue weighted by atomic mass is 10.1. The molecule has 0 aromatic heterocycles. The zero-order chi connectivity index (χ0) is 13.8. The number of ketones is 1. The van der Waals surface area contributed by atoms with E-state index in [1.807, 2.05) is 0 Å². The number of Topliss-reactive ketones (excluding diaryl/α,β-unsaturated/α-hetero) is 1. The van der Waals surface area contributed by atoms with E-state index in [4.69, 9.17) is 9.47 Å². The summed E-state index contributed by atoms with van der Waals surface area (Å²) in [6.45, 7) is 1.33. The first kappa shape index (κ1) is 13.4. The van der Waals surface area contributed by atoms with E-state index in [1.165, 1.54) is 20.3 Å². The maximum Gasteiger partial charge on any atom is 0.294 e. The summed E-state index contributed by atoms with van der Waals surface area (Å²) in [4.78, 5) is 25.7. The molecule has 0 radical (unpaired) electrons. The number of likely N-dealkylation sites (tertiary alicyclic amines) is 1. The van der Waals surface area contributed by atoms with Crippen molar-refractivity contribution in [2.45, 2.75) is 12.8 Å². The van der Waals surface area contributed by atoms with Gasteiger partial charge < -0.3 is 14.4 Å². The number of hydrogen-bond acceptors (Lipinski definition) is 4. The molecule has 5 nitrogen and oxygen atoms in total. The van der Waals surface area contributed by atoms with Crippen molar-refractivity contribution < 1.29 is 19.1 Å². The highest BCUT2D eigenvalue weighted by Gasteiger charge is 2.26. The third-order valence-electron chi connectivity index (χ3n) is 3.23. The first-order valence-corrected chi connectivity index (χ1v) is 6.23. The Morgan fingerprint density at radius 1 is 1.05 bits per heavy atom. The zero-order valence-electron chi connectivity index (χ0n) is 11.1. The average molecular weight is 263 g/mol. The molecule has 1 aliphatic rings. The molecule has 0 atom stereocenters. The van der Waals surface area contributed by atoms with E-state index in [9.17, 15) is 9.59 Å². The van der Waals surface area contributed by atoms with Gasteiger partial charge in [-0.25, -0.2) is 0 Å². The average Bonchev–Trinajstić information content (AvgIpc) is 2.99. The second-order valence-electron chi connectivity index (χ2n) is 4.40. The van der Waals surface area contributed by atoms with Crippen molar-refractivity contribution in [1.29, 1.82) is 0 Å². The molecule has 0 aliphatic carbocycles. The topological polar surface area (TPSA) is 55.8 Å². The number of benzene rings is 1. The molecular weight excluding hydrogens is 246 g/mol. The van der Waals surface area contributed by atoms with Gasteiger partial charge in [0.1, 0.15) is 0 Å². The molecule has 5 heteroatoms. The highest BCUT2D eigenvalue weighted by atomic mass is 16.5. The fourth-order valence-corrected chi connectivity index (χ4v) is 2.16. The molecule has 1 aromatic rings. The lowest BCUT2D eigenvalue weighted by molar-refractivity contribution is -0.125. The van der Waals surface area contributed by atoms with Crippen LogP contribution >= 0.6 is 0 Å². The fourth-order valence-electron chi connectivity index (χ4n) is 2.16. The van der Waals surface area contributed by atoms with E-state index in [1.54, 1.807) is 17.0 Å². The van der Waals surface area contributed by atoms with Crippen LogP contribution in [0.15, 0.2) is 18.2 Å². The molecule has 0 saturated carbocycles. The van der Waals surface area contributed by atoms with Crippen LogP contribution in [-0.2, 0) is 4.79 Å². The predicted molar refractivity (Wildman–Crippen MR) is 69.7 cm³/mol. The van der Waals surface area contributed by atoms with Crippen LogP contribution in [0.3, 0.4) is 0 Å². The van der Waals surface area contributed by atoms with Crippen molar-refractivity contribution in [1.82, 2.24) is 4.90 Å². The van der Waals surface area contributed by atoms with Gasteiger partial charge in [-0.15, -0.1) is 0 Å². The summed E-state index contributed by atoms with van der Waals surface area (Å²) >= 11 is 0. The van der Waals surface area contributed by atoms with Gasteiger partial charge in [0.05, 0.1) is 14.2 Å². The van der Waals surface area contributed by atoms with Crippen LogP contribution < -0.4 is 9.47 Å². The van der Waals surface area contributed by atoms with Crippen LogP contribution in [0, 0.1) is 0 Å². The number of ether oxygens (including phenoxy) is 2. The van der Waals surface area contributed by atoms with E-state index < -0.39 is 11.7 Å². The van der Waals surface area contributed by atoms with E-state index in [0.29, 0.717) is 30.2 Å². The Bertz CT molecular complexity index is 492. The van der Waals surface area contributed by atoms with Crippen LogP contribution in [0.25, 0.3) is 0 Å². The second kappa shape index (κ2) is 5.73. The van der Waals surface area contributed by atoms with Gasteiger partial charge in [0.25, 0.3) is 11.7 Å². The second-order valence-corrected chi connectivity index (χ2v) is 4.40. The largest absolute Gasteiger partial charge is 0.493 e. The summed E-state index contributed by atoms with van der Waals surface area (Å²) in [5, 5.41) is 0. The van der Waals surface area contributed by atoms with Crippen LogP contribution in [0.4, 0.5) is 0 Å². The lowest BCUT2D eigenvalue weighted by Crippen LogP contribution is -2.34. The third kappa shape index (κ3) is 2.70. The fraction of sp³-hybridized carbons (Fsp3) is 0.429. The van der Waals surface area contributed by atoms with Gasteiger partial charge in [0.2, 0.25) is 0 Å². The van der Waals surface area contributed by atoms with Crippen molar-refractivity contribution >= 4 is 11.7 Å². The number of nitrogens with zero attached hydrogens (tertiary/aromatic N) is 1. The molecule has 102 valence electrons. The molecule has 0 unspecified atom stereocenters. The Morgan fingerprint density at radius 2 is 1.68 bits per heavy atom. The highest BCUT2D eigenvalue weighted by Crippen LogP contribution is 2.28. The maximum absolute atomic E-state index is 12.1. The summed E-state index contributed by atoms with van der Waals surface area (Å²) in [5.74, 6) is 0.0443. The predicted octanol–water partition coefficient (Wildman–Crippen LogP) is 1.51. The molecule has 1 amide bonds. The zero-order valence-corrected chi connectivity index (χ0v) is 11.1. The van der Waals surface area contributed by atoms with Gasteiger partial charge in [-0.1, -0.05) is 0 Å². The summed E-state index contributed by atoms with van der Waals surface area (Å²) in [6, 6.07) is 4.75. The maximum atomic E-state index is 12.1. The molecule has 1 heterocycles. The Kier molecular flexibility index (Phi) is 4.04. The quantitative estimate of drug-likeness (QED) is 0.610. The Labute approximate surface area is 112 Å².